The molecular formula is C20H22F2N2O3. The third kappa shape index (κ3) is 5.24. The molecule has 27 heavy (non-hydrogen) atoms. The van der Waals surface area contributed by atoms with E-state index in [0.29, 0.717) is 18.5 Å². The van der Waals surface area contributed by atoms with Crippen molar-refractivity contribution in [1.29, 1.82) is 0 Å². The summed E-state index contributed by atoms with van der Waals surface area (Å²) < 4.78 is 28.7. The standard InChI is InChI=1S/C20H22F2N2O3/c21-19(22)27-17-8-6-15(7-9-17)14-2-4-16(5-3-14)18(25)24-13-20(26)10-1-11-23-12-20/h2-9,19,23,26H,1,10-13H2,(H,24,25)/t20-/m0/s1. The predicted molar refractivity (Wildman–Crippen MR) is 97.9 cm³/mol. The van der Waals surface area contributed by atoms with Gasteiger partial charge in [-0.1, -0.05) is 24.3 Å². The third-order valence-electron chi connectivity index (χ3n) is 4.59. The predicted octanol–water partition coefficient (Wildman–Crippen LogP) is 2.80. The fourth-order valence-electron chi connectivity index (χ4n) is 3.09. The second-order valence-corrected chi connectivity index (χ2v) is 6.67. The quantitative estimate of drug-likeness (QED) is 0.725. The lowest BCUT2D eigenvalue weighted by molar-refractivity contribution is -0.0498. The first-order chi connectivity index (χ1) is 13.0. The number of carbonyl (C=O) groups is 1. The van der Waals surface area contributed by atoms with Crippen molar-refractivity contribution in [3.05, 3.63) is 54.1 Å². The lowest BCUT2D eigenvalue weighted by Crippen LogP contribution is -2.52. The number of amides is 1. The molecule has 0 aliphatic carbocycles. The number of nitrogens with one attached hydrogen (secondary N) is 2. The van der Waals surface area contributed by atoms with Crippen molar-refractivity contribution in [1.82, 2.24) is 10.6 Å². The van der Waals surface area contributed by atoms with Crippen LogP contribution in [-0.4, -0.2) is 42.9 Å². The molecule has 1 atom stereocenters. The molecule has 1 heterocycles. The van der Waals surface area contributed by atoms with Crippen LogP contribution in [-0.2, 0) is 0 Å². The van der Waals surface area contributed by atoms with E-state index in [2.05, 4.69) is 15.4 Å². The van der Waals surface area contributed by atoms with Gasteiger partial charge in [-0.15, -0.1) is 0 Å². The molecule has 2 aromatic carbocycles. The molecule has 1 fully saturated rings. The Bertz CT molecular complexity index is 758. The van der Waals surface area contributed by atoms with Crippen molar-refractivity contribution in [3.63, 3.8) is 0 Å². The minimum Gasteiger partial charge on any atom is -0.435 e. The van der Waals surface area contributed by atoms with Crippen molar-refractivity contribution in [3.8, 4) is 16.9 Å². The van der Waals surface area contributed by atoms with Gasteiger partial charge < -0.3 is 20.5 Å². The highest BCUT2D eigenvalue weighted by atomic mass is 19.3. The maximum Gasteiger partial charge on any atom is 0.387 e. The average Bonchev–Trinajstić information content (AvgIpc) is 2.67. The summed E-state index contributed by atoms with van der Waals surface area (Å²) in [6.45, 7) is -1.30. The smallest absolute Gasteiger partial charge is 0.387 e. The second-order valence-electron chi connectivity index (χ2n) is 6.67. The Kier molecular flexibility index (Phi) is 6.03. The molecule has 2 aromatic rings. The number of hydrogen-bond acceptors (Lipinski definition) is 4. The zero-order chi connectivity index (χ0) is 19.3. The largest absolute Gasteiger partial charge is 0.435 e. The van der Waals surface area contributed by atoms with E-state index in [0.717, 1.165) is 24.1 Å². The summed E-state index contributed by atoms with van der Waals surface area (Å²) >= 11 is 0. The van der Waals surface area contributed by atoms with Crippen LogP contribution in [0.5, 0.6) is 5.75 Å². The molecule has 0 bridgehead atoms. The Morgan fingerprint density at radius 3 is 2.33 bits per heavy atom. The summed E-state index contributed by atoms with van der Waals surface area (Å²) in [6.07, 6.45) is 1.53. The van der Waals surface area contributed by atoms with Crippen LogP contribution in [0.15, 0.2) is 48.5 Å². The van der Waals surface area contributed by atoms with Crippen LogP contribution in [0.3, 0.4) is 0 Å². The minimum atomic E-state index is -2.85. The van der Waals surface area contributed by atoms with Gasteiger partial charge in [0.25, 0.3) is 5.91 Å². The van der Waals surface area contributed by atoms with E-state index < -0.39 is 12.2 Å². The van der Waals surface area contributed by atoms with Crippen molar-refractivity contribution < 1.29 is 23.4 Å². The Balaban J connectivity index is 1.60. The summed E-state index contributed by atoms with van der Waals surface area (Å²) in [5, 5.41) is 16.3. The number of rotatable bonds is 6. The fraction of sp³-hybridized carbons (Fsp3) is 0.350. The summed E-state index contributed by atoms with van der Waals surface area (Å²) in [5.74, 6) is -0.152. The SMILES string of the molecule is O=C(NC[C@]1(O)CCCNC1)c1ccc(-c2ccc(OC(F)F)cc2)cc1. The number of aliphatic hydroxyl groups is 1. The van der Waals surface area contributed by atoms with Crippen molar-refractivity contribution in [2.24, 2.45) is 0 Å². The van der Waals surface area contributed by atoms with Gasteiger partial charge in [0.1, 0.15) is 5.75 Å². The summed E-state index contributed by atoms with van der Waals surface area (Å²) in [5.41, 5.74) is 1.26. The van der Waals surface area contributed by atoms with Gasteiger partial charge in [-0.05, 0) is 54.8 Å². The highest BCUT2D eigenvalue weighted by Gasteiger charge is 2.29. The Morgan fingerprint density at radius 1 is 1.15 bits per heavy atom. The van der Waals surface area contributed by atoms with Crippen molar-refractivity contribution in [2.45, 2.75) is 25.1 Å². The van der Waals surface area contributed by atoms with Gasteiger partial charge in [0.2, 0.25) is 0 Å². The highest BCUT2D eigenvalue weighted by Crippen LogP contribution is 2.24. The van der Waals surface area contributed by atoms with E-state index in [1.54, 1.807) is 36.4 Å². The number of benzene rings is 2. The zero-order valence-electron chi connectivity index (χ0n) is 14.8. The molecule has 1 amide bonds. The van der Waals surface area contributed by atoms with Crippen LogP contribution in [0.25, 0.3) is 11.1 Å². The molecular weight excluding hydrogens is 354 g/mol. The number of halogens is 2. The summed E-state index contributed by atoms with van der Waals surface area (Å²) in [7, 11) is 0. The molecule has 144 valence electrons. The molecule has 5 nitrogen and oxygen atoms in total. The van der Waals surface area contributed by atoms with E-state index >= 15 is 0 Å². The van der Waals surface area contributed by atoms with Crippen LogP contribution < -0.4 is 15.4 Å². The molecule has 3 N–H and O–H groups in total. The lowest BCUT2D eigenvalue weighted by atomic mass is 9.94. The molecule has 3 rings (SSSR count). The molecule has 0 spiro atoms. The maximum absolute atomic E-state index is 12.3. The molecule has 1 aliphatic heterocycles. The van der Waals surface area contributed by atoms with Crippen molar-refractivity contribution in [2.75, 3.05) is 19.6 Å². The third-order valence-corrected chi connectivity index (χ3v) is 4.59. The number of carbonyl (C=O) groups excluding carboxylic acids is 1. The minimum absolute atomic E-state index is 0.0971. The van der Waals surface area contributed by atoms with E-state index in [1.165, 1.54) is 12.1 Å². The molecule has 1 aliphatic rings. The van der Waals surface area contributed by atoms with Gasteiger partial charge in [-0.2, -0.15) is 8.78 Å². The Labute approximate surface area is 156 Å². The van der Waals surface area contributed by atoms with Crippen LogP contribution >= 0.6 is 0 Å². The summed E-state index contributed by atoms with van der Waals surface area (Å²) in [6, 6.07) is 13.3. The van der Waals surface area contributed by atoms with E-state index in [-0.39, 0.29) is 18.2 Å². The van der Waals surface area contributed by atoms with Gasteiger partial charge in [-0.3, -0.25) is 4.79 Å². The van der Waals surface area contributed by atoms with Crippen LogP contribution in [0.2, 0.25) is 0 Å². The molecule has 0 saturated carbocycles. The van der Waals surface area contributed by atoms with E-state index in [4.69, 9.17) is 0 Å². The molecule has 7 heteroatoms. The average molecular weight is 376 g/mol. The Hall–Kier alpha value is -2.51. The van der Waals surface area contributed by atoms with Gasteiger partial charge in [-0.25, -0.2) is 0 Å². The number of piperidine rings is 1. The normalized spacial score (nSPS) is 19.7. The Morgan fingerprint density at radius 2 is 1.78 bits per heavy atom. The van der Waals surface area contributed by atoms with Crippen LogP contribution in [0.4, 0.5) is 8.78 Å². The number of hydrogen-bond donors (Lipinski definition) is 3. The topological polar surface area (TPSA) is 70.6 Å². The van der Waals surface area contributed by atoms with Crippen molar-refractivity contribution >= 4 is 5.91 Å². The molecule has 0 unspecified atom stereocenters. The molecule has 0 radical (unpaired) electrons. The van der Waals surface area contributed by atoms with Gasteiger partial charge in [0.15, 0.2) is 0 Å². The van der Waals surface area contributed by atoms with Gasteiger partial charge in [0, 0.05) is 18.7 Å². The lowest BCUT2D eigenvalue weighted by Gasteiger charge is -2.32. The zero-order valence-corrected chi connectivity index (χ0v) is 14.8. The first-order valence-electron chi connectivity index (χ1n) is 8.82. The maximum atomic E-state index is 12.3. The van der Waals surface area contributed by atoms with E-state index in [9.17, 15) is 18.7 Å². The first kappa shape index (κ1) is 19.3. The fourth-order valence-corrected chi connectivity index (χ4v) is 3.09. The number of ether oxygens (including phenoxy) is 1. The number of β-amino-alcohol motifs (C(OH)–C–C–N with tert-alkyl or cyclic N) is 1. The van der Waals surface area contributed by atoms with Crippen LogP contribution in [0, 0.1) is 0 Å². The molecule has 0 aromatic heterocycles. The van der Waals surface area contributed by atoms with E-state index in [1.807, 2.05) is 0 Å². The second kappa shape index (κ2) is 8.45. The monoisotopic (exact) mass is 376 g/mol. The van der Waals surface area contributed by atoms with Gasteiger partial charge in [0.05, 0.1) is 5.60 Å². The molecule has 1 saturated heterocycles. The highest BCUT2D eigenvalue weighted by molar-refractivity contribution is 5.94. The number of alkyl halides is 2. The first-order valence-corrected chi connectivity index (χ1v) is 8.82. The van der Waals surface area contributed by atoms with Crippen LogP contribution in [0.1, 0.15) is 23.2 Å². The summed E-state index contributed by atoms with van der Waals surface area (Å²) in [4.78, 5) is 12.3. The van der Waals surface area contributed by atoms with Gasteiger partial charge >= 0.3 is 6.61 Å².